The minimum Gasteiger partial charge on any atom is -0.377 e. The molecule has 0 aliphatic rings. The first-order valence-corrected chi connectivity index (χ1v) is 7.07. The lowest BCUT2D eigenvalue weighted by atomic mass is 10.1. The van der Waals surface area contributed by atoms with E-state index in [1.165, 1.54) is 6.07 Å². The van der Waals surface area contributed by atoms with Gasteiger partial charge in [-0.25, -0.2) is 0 Å². The van der Waals surface area contributed by atoms with Crippen LogP contribution in [-0.4, -0.2) is 0 Å². The number of hydrogen-bond acceptors (Lipinski definition) is 3. The van der Waals surface area contributed by atoms with Gasteiger partial charge >= 0.3 is 6.18 Å². The SMILES string of the molecule is Cc1ccc(C(C)Nc2ccc(C(F)(F)F)cc2C#N)s1. The first-order chi connectivity index (χ1) is 9.81. The summed E-state index contributed by atoms with van der Waals surface area (Å²) >= 11 is 1.61. The average molecular weight is 310 g/mol. The van der Waals surface area contributed by atoms with Gasteiger partial charge in [-0.05, 0) is 44.2 Å². The van der Waals surface area contributed by atoms with Crippen LogP contribution in [0.15, 0.2) is 30.3 Å². The fourth-order valence-electron chi connectivity index (χ4n) is 1.93. The highest BCUT2D eigenvalue weighted by molar-refractivity contribution is 7.12. The molecule has 6 heteroatoms. The maximum Gasteiger partial charge on any atom is 0.416 e. The van der Waals surface area contributed by atoms with Crippen LogP contribution in [0.25, 0.3) is 0 Å². The minimum absolute atomic E-state index is 0.00930. The highest BCUT2D eigenvalue weighted by Crippen LogP contribution is 2.33. The van der Waals surface area contributed by atoms with Crippen LogP contribution in [-0.2, 0) is 6.18 Å². The average Bonchev–Trinajstić information content (AvgIpc) is 2.84. The third-order valence-electron chi connectivity index (χ3n) is 3.03. The Kier molecular flexibility index (Phi) is 4.24. The second kappa shape index (κ2) is 5.78. The molecule has 1 aromatic carbocycles. The van der Waals surface area contributed by atoms with Gasteiger partial charge in [0.05, 0.1) is 22.9 Å². The Balaban J connectivity index is 2.26. The molecule has 1 atom stereocenters. The molecule has 0 fully saturated rings. The molecule has 2 rings (SSSR count). The van der Waals surface area contributed by atoms with Gasteiger partial charge in [0, 0.05) is 9.75 Å². The summed E-state index contributed by atoms with van der Waals surface area (Å²) in [6.07, 6.45) is -4.44. The maximum atomic E-state index is 12.6. The molecule has 1 N–H and O–H groups in total. The zero-order valence-corrected chi connectivity index (χ0v) is 12.3. The van der Waals surface area contributed by atoms with Crippen molar-refractivity contribution in [2.75, 3.05) is 5.32 Å². The molecule has 0 spiro atoms. The van der Waals surface area contributed by atoms with Crippen molar-refractivity contribution in [3.05, 3.63) is 51.2 Å². The fourth-order valence-corrected chi connectivity index (χ4v) is 2.81. The van der Waals surface area contributed by atoms with E-state index in [9.17, 15) is 13.2 Å². The van der Waals surface area contributed by atoms with E-state index in [4.69, 9.17) is 5.26 Å². The number of nitrogens with one attached hydrogen (secondary N) is 1. The smallest absolute Gasteiger partial charge is 0.377 e. The predicted molar refractivity (Wildman–Crippen MR) is 77.3 cm³/mol. The van der Waals surface area contributed by atoms with Crippen LogP contribution in [0.1, 0.15) is 33.8 Å². The van der Waals surface area contributed by atoms with Crippen molar-refractivity contribution in [2.45, 2.75) is 26.1 Å². The minimum atomic E-state index is -4.44. The van der Waals surface area contributed by atoms with Crippen molar-refractivity contribution < 1.29 is 13.2 Å². The van der Waals surface area contributed by atoms with Gasteiger partial charge in [-0.15, -0.1) is 11.3 Å². The number of nitriles is 1. The quantitative estimate of drug-likeness (QED) is 0.854. The Morgan fingerprint density at radius 3 is 2.48 bits per heavy atom. The van der Waals surface area contributed by atoms with E-state index in [2.05, 4.69) is 5.32 Å². The van der Waals surface area contributed by atoms with E-state index in [0.29, 0.717) is 5.69 Å². The molecule has 0 aliphatic heterocycles. The summed E-state index contributed by atoms with van der Waals surface area (Å²) in [7, 11) is 0. The second-order valence-corrected chi connectivity index (χ2v) is 6.00. The van der Waals surface area contributed by atoms with E-state index >= 15 is 0 Å². The molecule has 1 unspecified atom stereocenters. The molecule has 1 aromatic heterocycles. The van der Waals surface area contributed by atoms with Gasteiger partial charge in [-0.2, -0.15) is 18.4 Å². The first-order valence-electron chi connectivity index (χ1n) is 6.25. The van der Waals surface area contributed by atoms with Gasteiger partial charge < -0.3 is 5.32 Å². The van der Waals surface area contributed by atoms with Crippen molar-refractivity contribution in [2.24, 2.45) is 0 Å². The van der Waals surface area contributed by atoms with E-state index in [1.54, 1.807) is 11.3 Å². The third-order valence-corrected chi connectivity index (χ3v) is 4.21. The lowest BCUT2D eigenvalue weighted by Gasteiger charge is -2.16. The van der Waals surface area contributed by atoms with Crippen LogP contribution >= 0.6 is 11.3 Å². The molecule has 2 aromatic rings. The van der Waals surface area contributed by atoms with Crippen LogP contribution < -0.4 is 5.32 Å². The first kappa shape index (κ1) is 15.4. The van der Waals surface area contributed by atoms with E-state index in [1.807, 2.05) is 32.0 Å². The fraction of sp³-hybridized carbons (Fsp3) is 0.267. The van der Waals surface area contributed by atoms with Crippen molar-refractivity contribution in [3.8, 4) is 6.07 Å². The summed E-state index contributed by atoms with van der Waals surface area (Å²) in [5, 5.41) is 12.1. The molecule has 0 amide bonds. The topological polar surface area (TPSA) is 35.8 Å². The van der Waals surface area contributed by atoms with Crippen molar-refractivity contribution >= 4 is 17.0 Å². The van der Waals surface area contributed by atoms with Gasteiger partial charge in [0.15, 0.2) is 0 Å². The molecule has 0 saturated carbocycles. The highest BCUT2D eigenvalue weighted by Gasteiger charge is 2.31. The molecule has 21 heavy (non-hydrogen) atoms. The van der Waals surface area contributed by atoms with Crippen LogP contribution in [0.5, 0.6) is 0 Å². The van der Waals surface area contributed by atoms with E-state index in [-0.39, 0.29) is 11.6 Å². The van der Waals surface area contributed by atoms with Gasteiger partial charge in [-0.1, -0.05) is 0 Å². The Labute approximate surface area is 124 Å². The zero-order valence-electron chi connectivity index (χ0n) is 11.5. The molecule has 1 heterocycles. The number of rotatable bonds is 3. The summed E-state index contributed by atoms with van der Waals surface area (Å²) in [5.74, 6) is 0. The van der Waals surface area contributed by atoms with Gasteiger partial charge in [0.1, 0.15) is 6.07 Å². The molecule has 0 bridgehead atoms. The lowest BCUT2D eigenvalue weighted by Crippen LogP contribution is -2.09. The highest BCUT2D eigenvalue weighted by atomic mass is 32.1. The van der Waals surface area contributed by atoms with Gasteiger partial charge in [0.2, 0.25) is 0 Å². The molecule has 2 nitrogen and oxygen atoms in total. The molecule has 0 radical (unpaired) electrons. The summed E-state index contributed by atoms with van der Waals surface area (Å²) in [4.78, 5) is 2.22. The largest absolute Gasteiger partial charge is 0.416 e. The maximum absolute atomic E-state index is 12.6. The standard InChI is InChI=1S/C15H13F3N2S/c1-9-3-6-14(21-9)10(2)20-13-5-4-12(15(16,17)18)7-11(13)8-19/h3-7,10,20H,1-2H3. The molecular formula is C15H13F3N2S. The Morgan fingerprint density at radius 2 is 1.95 bits per heavy atom. The Bertz CT molecular complexity index is 683. The lowest BCUT2D eigenvalue weighted by molar-refractivity contribution is -0.137. The van der Waals surface area contributed by atoms with Crippen LogP contribution in [0.4, 0.5) is 18.9 Å². The molecule has 0 aliphatic carbocycles. The third kappa shape index (κ3) is 3.56. The van der Waals surface area contributed by atoms with Crippen molar-refractivity contribution in [3.63, 3.8) is 0 Å². The number of aryl methyl sites for hydroxylation is 1. The number of thiophene rings is 1. The zero-order chi connectivity index (χ0) is 15.6. The normalized spacial score (nSPS) is 12.8. The monoisotopic (exact) mass is 310 g/mol. The second-order valence-electron chi connectivity index (χ2n) is 4.68. The number of hydrogen-bond donors (Lipinski definition) is 1. The van der Waals surface area contributed by atoms with E-state index < -0.39 is 11.7 Å². The van der Waals surface area contributed by atoms with Gasteiger partial charge in [0.25, 0.3) is 0 Å². The van der Waals surface area contributed by atoms with Crippen LogP contribution in [0, 0.1) is 18.3 Å². The Morgan fingerprint density at radius 1 is 1.24 bits per heavy atom. The van der Waals surface area contributed by atoms with Crippen LogP contribution in [0.2, 0.25) is 0 Å². The summed E-state index contributed by atoms with van der Waals surface area (Å²) in [6.45, 7) is 3.89. The summed E-state index contributed by atoms with van der Waals surface area (Å²) in [5.41, 5.74) is -0.418. The summed E-state index contributed by atoms with van der Waals surface area (Å²) < 4.78 is 37.9. The summed E-state index contributed by atoms with van der Waals surface area (Å²) in [6, 6.07) is 8.84. The van der Waals surface area contributed by atoms with E-state index in [0.717, 1.165) is 21.9 Å². The van der Waals surface area contributed by atoms with Crippen molar-refractivity contribution in [1.29, 1.82) is 5.26 Å². The number of nitrogens with zero attached hydrogens (tertiary/aromatic N) is 1. The molecule has 0 saturated heterocycles. The predicted octanol–water partition coefficient (Wildman–Crippen LogP) is 5.12. The number of halogens is 3. The number of benzene rings is 1. The van der Waals surface area contributed by atoms with Crippen LogP contribution in [0.3, 0.4) is 0 Å². The van der Waals surface area contributed by atoms with Crippen molar-refractivity contribution in [1.82, 2.24) is 0 Å². The molecular weight excluding hydrogens is 297 g/mol. The van der Waals surface area contributed by atoms with Gasteiger partial charge in [-0.3, -0.25) is 0 Å². The number of alkyl halides is 3. The number of anilines is 1. The molecule has 110 valence electrons. The Hall–Kier alpha value is -2.00.